The number of hydrogen-bond donors (Lipinski definition) is 0. The van der Waals surface area contributed by atoms with Gasteiger partial charge >= 0.3 is 0 Å². The van der Waals surface area contributed by atoms with Gasteiger partial charge in [0, 0.05) is 34.3 Å². The van der Waals surface area contributed by atoms with Crippen LogP contribution in [-0.4, -0.2) is 4.57 Å². The van der Waals surface area contributed by atoms with Gasteiger partial charge in [-0.25, -0.2) is 4.39 Å². The second-order valence-corrected chi connectivity index (χ2v) is 8.76. The van der Waals surface area contributed by atoms with E-state index >= 15 is 0 Å². The van der Waals surface area contributed by atoms with E-state index in [0.717, 1.165) is 46.4 Å². The van der Waals surface area contributed by atoms with Crippen LogP contribution < -0.4 is 4.90 Å². The summed E-state index contributed by atoms with van der Waals surface area (Å²) in [5.74, 6) is -0.212. The van der Waals surface area contributed by atoms with E-state index < -0.39 is 0 Å². The summed E-state index contributed by atoms with van der Waals surface area (Å²) < 4.78 is 15.6. The van der Waals surface area contributed by atoms with Crippen molar-refractivity contribution in [1.29, 1.82) is 0 Å². The highest BCUT2D eigenvalue weighted by Gasteiger charge is 2.14. The smallest absolute Gasteiger partial charge is 0.123 e. The van der Waals surface area contributed by atoms with Crippen LogP contribution in [0.1, 0.15) is 12.8 Å². The lowest BCUT2D eigenvalue weighted by molar-refractivity contribution is 0.629. The molecule has 170 valence electrons. The maximum atomic E-state index is 13.6. The topological polar surface area (TPSA) is 8.17 Å². The normalized spacial score (nSPS) is 13.1. The lowest BCUT2D eigenvalue weighted by Gasteiger charge is -2.27. The Morgan fingerprint density at radius 1 is 0.686 bits per heavy atom. The monoisotopic (exact) mass is 456 g/mol. The molecule has 1 aliphatic carbocycles. The second-order valence-electron chi connectivity index (χ2n) is 8.76. The minimum absolute atomic E-state index is 0.212. The van der Waals surface area contributed by atoms with Gasteiger partial charge in [0.05, 0.1) is 5.52 Å². The number of para-hydroxylation sites is 1. The molecule has 0 aliphatic heterocycles. The number of benzene rings is 4. The fraction of sp³-hybridized carbons (Fsp3) is 0.0625. The van der Waals surface area contributed by atoms with Crippen molar-refractivity contribution < 1.29 is 4.39 Å². The van der Waals surface area contributed by atoms with Crippen LogP contribution in [0.2, 0.25) is 0 Å². The van der Waals surface area contributed by atoms with Crippen LogP contribution in [0.3, 0.4) is 0 Å². The number of halogens is 1. The molecule has 5 aromatic rings. The van der Waals surface area contributed by atoms with Crippen molar-refractivity contribution in [2.24, 2.45) is 0 Å². The molecule has 35 heavy (non-hydrogen) atoms. The van der Waals surface area contributed by atoms with Crippen molar-refractivity contribution in [3.63, 3.8) is 0 Å². The van der Waals surface area contributed by atoms with Gasteiger partial charge in [0.1, 0.15) is 5.82 Å². The van der Waals surface area contributed by atoms with Crippen molar-refractivity contribution in [2.75, 3.05) is 4.90 Å². The highest BCUT2D eigenvalue weighted by atomic mass is 19.1. The summed E-state index contributed by atoms with van der Waals surface area (Å²) in [6, 6.07) is 34.6. The first-order valence-corrected chi connectivity index (χ1v) is 12.0. The van der Waals surface area contributed by atoms with Crippen LogP contribution in [0, 0.1) is 5.82 Å². The zero-order valence-electron chi connectivity index (χ0n) is 19.3. The minimum Gasteiger partial charge on any atom is -0.317 e. The van der Waals surface area contributed by atoms with Crippen LogP contribution in [0.4, 0.5) is 15.8 Å². The van der Waals surface area contributed by atoms with Gasteiger partial charge in [-0.05, 0) is 90.7 Å². The summed E-state index contributed by atoms with van der Waals surface area (Å²) in [5, 5.41) is 0.899. The number of rotatable bonds is 5. The number of anilines is 2. The lowest BCUT2D eigenvalue weighted by atomic mass is 10.0. The molecule has 1 aliphatic rings. The molecule has 4 aromatic carbocycles. The highest BCUT2D eigenvalue weighted by molar-refractivity contribution is 5.82. The van der Waals surface area contributed by atoms with Crippen molar-refractivity contribution in [2.45, 2.75) is 12.8 Å². The molecule has 6 rings (SSSR count). The number of allylic oxidation sites excluding steroid dienone is 3. The van der Waals surface area contributed by atoms with Crippen molar-refractivity contribution in [3.05, 3.63) is 139 Å². The number of aromatic nitrogens is 1. The fourth-order valence-corrected chi connectivity index (χ4v) is 4.75. The molecule has 0 N–H and O–H groups in total. The third-order valence-electron chi connectivity index (χ3n) is 6.50. The fourth-order valence-electron chi connectivity index (χ4n) is 4.75. The van der Waals surface area contributed by atoms with Crippen LogP contribution in [0.5, 0.6) is 0 Å². The molecule has 0 fully saturated rings. The summed E-state index contributed by atoms with van der Waals surface area (Å²) in [6.45, 7) is 0. The molecule has 1 aromatic heterocycles. The van der Waals surface area contributed by atoms with Gasteiger partial charge in [-0.2, -0.15) is 0 Å². The van der Waals surface area contributed by atoms with Gasteiger partial charge in [-0.15, -0.1) is 0 Å². The Bertz CT molecular complexity index is 1520. The SMILES string of the molecule is Fc1ccc2c(ccn2-c2ccc(-c3ccc(N(C4=CCCC=C4)c4ccccc4)cc3)cc2)c1. The van der Waals surface area contributed by atoms with Crippen molar-refractivity contribution in [3.8, 4) is 16.8 Å². The average molecular weight is 457 g/mol. The van der Waals surface area contributed by atoms with E-state index in [1.54, 1.807) is 6.07 Å². The molecular weight excluding hydrogens is 431 g/mol. The molecular formula is C32H25FN2. The largest absolute Gasteiger partial charge is 0.317 e. The first-order valence-electron chi connectivity index (χ1n) is 12.0. The van der Waals surface area contributed by atoms with E-state index in [4.69, 9.17) is 0 Å². The molecule has 0 spiro atoms. The Kier molecular flexibility index (Phi) is 5.51. The maximum absolute atomic E-state index is 13.6. The van der Waals surface area contributed by atoms with Crippen LogP contribution in [-0.2, 0) is 0 Å². The van der Waals surface area contributed by atoms with Gasteiger partial charge in [0.2, 0.25) is 0 Å². The van der Waals surface area contributed by atoms with E-state index in [0.29, 0.717) is 0 Å². The van der Waals surface area contributed by atoms with E-state index in [9.17, 15) is 4.39 Å². The summed E-state index contributed by atoms with van der Waals surface area (Å²) in [5.41, 5.74) is 7.88. The maximum Gasteiger partial charge on any atom is 0.123 e. The molecule has 0 bridgehead atoms. The first kappa shape index (κ1) is 21.2. The third-order valence-corrected chi connectivity index (χ3v) is 6.50. The van der Waals surface area contributed by atoms with Gasteiger partial charge in [-0.3, -0.25) is 0 Å². The highest BCUT2D eigenvalue weighted by Crippen LogP contribution is 2.33. The number of hydrogen-bond acceptors (Lipinski definition) is 1. The van der Waals surface area contributed by atoms with Crippen LogP contribution >= 0.6 is 0 Å². The van der Waals surface area contributed by atoms with Crippen LogP contribution in [0.25, 0.3) is 27.7 Å². The summed E-state index contributed by atoms with van der Waals surface area (Å²) in [6.07, 6.45) is 10.9. The molecule has 0 radical (unpaired) electrons. The van der Waals surface area contributed by atoms with Gasteiger partial charge < -0.3 is 9.47 Å². The molecule has 0 unspecified atom stereocenters. The summed E-state index contributed by atoms with van der Waals surface area (Å²) >= 11 is 0. The lowest BCUT2D eigenvalue weighted by Crippen LogP contribution is -2.16. The van der Waals surface area contributed by atoms with E-state index in [1.165, 1.54) is 17.3 Å². The van der Waals surface area contributed by atoms with E-state index in [-0.39, 0.29) is 5.82 Å². The average Bonchev–Trinajstić information content (AvgIpc) is 3.34. The zero-order chi connectivity index (χ0) is 23.6. The van der Waals surface area contributed by atoms with Gasteiger partial charge in [0.25, 0.3) is 0 Å². The van der Waals surface area contributed by atoms with E-state index in [1.807, 2.05) is 24.4 Å². The number of nitrogens with zero attached hydrogens (tertiary/aromatic N) is 2. The van der Waals surface area contributed by atoms with Gasteiger partial charge in [-0.1, -0.05) is 54.6 Å². The quantitative estimate of drug-likeness (QED) is 0.256. The Balaban J connectivity index is 1.29. The summed E-state index contributed by atoms with van der Waals surface area (Å²) in [4.78, 5) is 2.31. The first-order chi connectivity index (χ1) is 17.3. The summed E-state index contributed by atoms with van der Waals surface area (Å²) in [7, 11) is 0. The standard InChI is InChI=1S/C32H25FN2/c33-27-15-20-32-26(23-27)21-22-34(32)28-16-11-24(12-17-28)25-13-18-31(19-14-25)35(29-7-3-1-4-8-29)30-9-5-2-6-10-30/h1,3-5,7-23H,2,6H2. The van der Waals surface area contributed by atoms with Gasteiger partial charge in [0.15, 0.2) is 0 Å². The van der Waals surface area contributed by atoms with Crippen LogP contribution in [0.15, 0.2) is 133 Å². The molecule has 0 saturated carbocycles. The third kappa shape index (κ3) is 4.17. The Morgan fingerprint density at radius 2 is 1.40 bits per heavy atom. The molecule has 0 atom stereocenters. The zero-order valence-corrected chi connectivity index (χ0v) is 19.3. The second kappa shape index (κ2) is 9.11. The molecule has 2 nitrogen and oxygen atoms in total. The molecule has 0 saturated heterocycles. The Morgan fingerprint density at radius 3 is 2.11 bits per heavy atom. The Hall–Kier alpha value is -4.37. The van der Waals surface area contributed by atoms with Crippen molar-refractivity contribution in [1.82, 2.24) is 4.57 Å². The van der Waals surface area contributed by atoms with E-state index in [2.05, 4.69) is 100 Å². The van der Waals surface area contributed by atoms with Crippen molar-refractivity contribution >= 4 is 22.3 Å². The number of fused-ring (bicyclic) bond motifs is 1. The predicted octanol–water partition coefficient (Wildman–Crippen LogP) is 8.81. The Labute approximate surface area is 204 Å². The molecule has 1 heterocycles. The predicted molar refractivity (Wildman–Crippen MR) is 144 cm³/mol. The minimum atomic E-state index is -0.212. The molecule has 0 amide bonds. The molecule has 3 heteroatoms.